The summed E-state index contributed by atoms with van der Waals surface area (Å²) in [5.74, 6) is -0.322. The lowest BCUT2D eigenvalue weighted by Gasteiger charge is -2.06. The van der Waals surface area contributed by atoms with Crippen molar-refractivity contribution in [1.29, 1.82) is 0 Å². The molecule has 2 rings (SSSR count). The molecule has 0 radical (unpaired) electrons. The van der Waals surface area contributed by atoms with E-state index in [4.69, 9.17) is 5.11 Å². The van der Waals surface area contributed by atoms with Crippen molar-refractivity contribution in [2.24, 2.45) is 0 Å². The molecule has 0 amide bonds. The zero-order valence-corrected chi connectivity index (χ0v) is 9.47. The second kappa shape index (κ2) is 4.00. The van der Waals surface area contributed by atoms with Crippen LogP contribution in [0.5, 0.6) is 0 Å². The molecule has 3 heteroatoms. The van der Waals surface area contributed by atoms with Crippen molar-refractivity contribution in [3.8, 4) is 0 Å². The van der Waals surface area contributed by atoms with Crippen LogP contribution in [-0.2, 0) is 11.3 Å². The zero-order chi connectivity index (χ0) is 11.7. The van der Waals surface area contributed by atoms with Gasteiger partial charge in [0, 0.05) is 11.7 Å². The van der Waals surface area contributed by atoms with Gasteiger partial charge in [-0.25, -0.2) is 0 Å². The number of carbonyl (C=O) groups is 1. The van der Waals surface area contributed by atoms with E-state index in [0.29, 0.717) is 5.92 Å². The standard InChI is InChI=1S/C13H15NO2/c1-9(2)10-3-4-12-11(7-10)5-6-14(12)8-13(15)16/h3-7,9H,8H2,1-2H3,(H,15,16). The van der Waals surface area contributed by atoms with Gasteiger partial charge in [-0.15, -0.1) is 0 Å². The van der Waals surface area contributed by atoms with Crippen molar-refractivity contribution in [2.75, 3.05) is 0 Å². The van der Waals surface area contributed by atoms with Gasteiger partial charge in [0.15, 0.2) is 0 Å². The Kier molecular flexibility index (Phi) is 2.69. The quantitative estimate of drug-likeness (QED) is 0.859. The average molecular weight is 217 g/mol. The van der Waals surface area contributed by atoms with E-state index in [1.54, 1.807) is 4.57 Å². The van der Waals surface area contributed by atoms with Crippen molar-refractivity contribution >= 4 is 16.9 Å². The molecule has 0 aliphatic carbocycles. The van der Waals surface area contributed by atoms with Crippen LogP contribution in [0.15, 0.2) is 30.5 Å². The Morgan fingerprint density at radius 2 is 2.12 bits per heavy atom. The molecule has 1 aromatic carbocycles. The molecule has 2 aromatic rings. The van der Waals surface area contributed by atoms with E-state index in [1.807, 2.05) is 18.3 Å². The first kappa shape index (κ1) is 10.7. The summed E-state index contributed by atoms with van der Waals surface area (Å²) >= 11 is 0. The average Bonchev–Trinajstić information content (AvgIpc) is 2.60. The molecule has 1 N–H and O–H groups in total. The van der Waals surface area contributed by atoms with Gasteiger partial charge in [0.25, 0.3) is 0 Å². The van der Waals surface area contributed by atoms with Crippen LogP contribution in [0.3, 0.4) is 0 Å². The molecule has 0 fully saturated rings. The Morgan fingerprint density at radius 1 is 1.38 bits per heavy atom. The molecular weight excluding hydrogens is 202 g/mol. The second-order valence-corrected chi connectivity index (χ2v) is 4.31. The first-order valence-electron chi connectivity index (χ1n) is 5.38. The third kappa shape index (κ3) is 1.94. The Labute approximate surface area is 94.3 Å². The third-order valence-electron chi connectivity index (χ3n) is 2.77. The van der Waals surface area contributed by atoms with Crippen LogP contribution in [0.25, 0.3) is 10.9 Å². The van der Waals surface area contributed by atoms with Crippen LogP contribution in [0.2, 0.25) is 0 Å². The van der Waals surface area contributed by atoms with Crippen molar-refractivity contribution in [3.63, 3.8) is 0 Å². The van der Waals surface area contributed by atoms with Gasteiger partial charge in [0.2, 0.25) is 0 Å². The molecule has 0 atom stereocenters. The fourth-order valence-corrected chi connectivity index (χ4v) is 1.86. The highest BCUT2D eigenvalue weighted by Crippen LogP contribution is 2.22. The minimum absolute atomic E-state index is 0.0184. The first-order chi connectivity index (χ1) is 7.58. The fourth-order valence-electron chi connectivity index (χ4n) is 1.86. The zero-order valence-electron chi connectivity index (χ0n) is 9.47. The summed E-state index contributed by atoms with van der Waals surface area (Å²) in [6.07, 6.45) is 1.82. The van der Waals surface area contributed by atoms with Crippen molar-refractivity contribution < 1.29 is 9.90 Å². The number of carboxylic acid groups (broad SMARTS) is 1. The third-order valence-corrected chi connectivity index (χ3v) is 2.77. The molecule has 3 nitrogen and oxygen atoms in total. The van der Waals surface area contributed by atoms with Gasteiger partial charge in [-0.05, 0) is 35.1 Å². The molecule has 16 heavy (non-hydrogen) atoms. The van der Waals surface area contributed by atoms with Crippen LogP contribution in [0.1, 0.15) is 25.3 Å². The number of carboxylic acids is 1. The number of benzene rings is 1. The lowest BCUT2D eigenvalue weighted by Crippen LogP contribution is -2.07. The first-order valence-corrected chi connectivity index (χ1v) is 5.38. The van der Waals surface area contributed by atoms with Crippen LogP contribution >= 0.6 is 0 Å². The van der Waals surface area contributed by atoms with E-state index in [1.165, 1.54) is 5.56 Å². The van der Waals surface area contributed by atoms with Gasteiger partial charge >= 0.3 is 5.97 Å². The number of aromatic nitrogens is 1. The van der Waals surface area contributed by atoms with Crippen molar-refractivity contribution in [1.82, 2.24) is 4.57 Å². The van der Waals surface area contributed by atoms with E-state index in [9.17, 15) is 4.79 Å². The summed E-state index contributed by atoms with van der Waals surface area (Å²) in [4.78, 5) is 10.7. The molecule has 0 aliphatic rings. The summed E-state index contributed by atoms with van der Waals surface area (Å²) < 4.78 is 1.75. The minimum atomic E-state index is -0.814. The number of aliphatic carboxylic acids is 1. The van der Waals surface area contributed by atoms with Gasteiger partial charge in [-0.3, -0.25) is 4.79 Å². The van der Waals surface area contributed by atoms with E-state index in [-0.39, 0.29) is 6.54 Å². The van der Waals surface area contributed by atoms with Gasteiger partial charge in [-0.2, -0.15) is 0 Å². The van der Waals surface area contributed by atoms with Gasteiger partial charge in [0.1, 0.15) is 6.54 Å². The summed E-state index contributed by atoms with van der Waals surface area (Å²) in [5.41, 5.74) is 2.26. The van der Waals surface area contributed by atoms with E-state index < -0.39 is 5.97 Å². The maximum absolute atomic E-state index is 10.7. The monoisotopic (exact) mass is 217 g/mol. The molecule has 0 aliphatic heterocycles. The van der Waals surface area contributed by atoms with Gasteiger partial charge in [-0.1, -0.05) is 19.9 Å². The van der Waals surface area contributed by atoms with Gasteiger partial charge in [0.05, 0.1) is 0 Å². The minimum Gasteiger partial charge on any atom is -0.480 e. The predicted molar refractivity (Wildman–Crippen MR) is 63.7 cm³/mol. The number of hydrogen-bond acceptors (Lipinski definition) is 1. The predicted octanol–water partition coefficient (Wildman–Crippen LogP) is 2.85. The summed E-state index contributed by atoms with van der Waals surface area (Å²) in [6, 6.07) is 8.14. The van der Waals surface area contributed by atoms with E-state index in [0.717, 1.165) is 10.9 Å². The number of fused-ring (bicyclic) bond motifs is 1. The molecule has 0 spiro atoms. The summed E-state index contributed by atoms with van der Waals surface area (Å²) in [5, 5.41) is 9.87. The van der Waals surface area contributed by atoms with Crippen LogP contribution < -0.4 is 0 Å². The summed E-state index contributed by atoms with van der Waals surface area (Å²) in [7, 11) is 0. The fraction of sp³-hybridized carbons (Fsp3) is 0.308. The SMILES string of the molecule is CC(C)c1ccc2c(ccn2CC(=O)O)c1. The summed E-state index contributed by atoms with van der Waals surface area (Å²) in [6.45, 7) is 4.31. The highest BCUT2D eigenvalue weighted by Gasteiger charge is 2.06. The van der Waals surface area contributed by atoms with Gasteiger partial charge < -0.3 is 9.67 Å². The topological polar surface area (TPSA) is 42.2 Å². The Morgan fingerprint density at radius 3 is 2.75 bits per heavy atom. The van der Waals surface area contributed by atoms with Crippen LogP contribution in [0, 0.1) is 0 Å². The molecule has 1 aromatic heterocycles. The second-order valence-electron chi connectivity index (χ2n) is 4.31. The van der Waals surface area contributed by atoms with Crippen LogP contribution in [0.4, 0.5) is 0 Å². The molecule has 0 bridgehead atoms. The highest BCUT2D eigenvalue weighted by atomic mass is 16.4. The molecule has 0 saturated carbocycles. The normalized spacial score (nSPS) is 11.2. The highest BCUT2D eigenvalue weighted by molar-refractivity contribution is 5.82. The molecule has 84 valence electrons. The Hall–Kier alpha value is -1.77. The smallest absolute Gasteiger partial charge is 0.323 e. The lowest BCUT2D eigenvalue weighted by molar-refractivity contribution is -0.137. The molecular formula is C13H15NO2. The molecule has 1 heterocycles. The lowest BCUT2D eigenvalue weighted by atomic mass is 10.0. The Balaban J connectivity index is 2.46. The number of hydrogen-bond donors (Lipinski definition) is 1. The Bertz CT molecular complexity index is 526. The van der Waals surface area contributed by atoms with Crippen molar-refractivity contribution in [3.05, 3.63) is 36.0 Å². The molecule has 0 saturated heterocycles. The molecule has 0 unspecified atom stereocenters. The van der Waals surface area contributed by atoms with E-state index >= 15 is 0 Å². The van der Waals surface area contributed by atoms with E-state index in [2.05, 4.69) is 26.0 Å². The number of nitrogens with zero attached hydrogens (tertiary/aromatic N) is 1. The number of rotatable bonds is 3. The maximum Gasteiger partial charge on any atom is 0.323 e. The largest absolute Gasteiger partial charge is 0.480 e. The van der Waals surface area contributed by atoms with Crippen molar-refractivity contribution in [2.45, 2.75) is 26.3 Å². The maximum atomic E-state index is 10.7. The van der Waals surface area contributed by atoms with Crippen LogP contribution in [-0.4, -0.2) is 15.6 Å².